The predicted octanol–water partition coefficient (Wildman–Crippen LogP) is 2.81. The molecule has 0 aromatic carbocycles. The highest BCUT2D eigenvalue weighted by molar-refractivity contribution is 5.25. The van der Waals surface area contributed by atoms with Gasteiger partial charge in [0.25, 0.3) is 0 Å². The van der Waals surface area contributed by atoms with Gasteiger partial charge in [-0.2, -0.15) is 0 Å². The molecule has 3 nitrogen and oxygen atoms in total. The van der Waals surface area contributed by atoms with E-state index in [1.165, 1.54) is 12.0 Å². The summed E-state index contributed by atoms with van der Waals surface area (Å²) in [5.74, 6) is 1.24. The van der Waals surface area contributed by atoms with Gasteiger partial charge in [0, 0.05) is 18.9 Å². The van der Waals surface area contributed by atoms with Crippen LogP contribution in [-0.2, 0) is 0 Å². The molecule has 0 saturated carbocycles. The molecule has 0 amide bonds. The summed E-state index contributed by atoms with van der Waals surface area (Å²) in [4.78, 5) is 8.50. The summed E-state index contributed by atoms with van der Waals surface area (Å²) >= 11 is 0. The maximum Gasteiger partial charge on any atom is 0.222 e. The molecule has 14 heavy (non-hydrogen) atoms. The van der Waals surface area contributed by atoms with Gasteiger partial charge in [0.1, 0.15) is 0 Å². The SMILES string of the molecule is CCCCNc1ncc(C(C)C)cn1. The minimum absolute atomic E-state index is 0.500. The van der Waals surface area contributed by atoms with E-state index in [2.05, 4.69) is 36.1 Å². The fourth-order valence-electron chi connectivity index (χ4n) is 1.10. The first-order chi connectivity index (χ1) is 6.74. The fraction of sp³-hybridized carbons (Fsp3) is 0.636. The molecule has 0 fully saturated rings. The molecular weight excluding hydrogens is 174 g/mol. The molecule has 1 aromatic heterocycles. The first-order valence-electron chi connectivity index (χ1n) is 5.29. The van der Waals surface area contributed by atoms with Gasteiger partial charge in [-0.1, -0.05) is 27.2 Å². The van der Waals surface area contributed by atoms with Gasteiger partial charge in [-0.15, -0.1) is 0 Å². The van der Waals surface area contributed by atoms with Gasteiger partial charge in [-0.05, 0) is 17.9 Å². The summed E-state index contributed by atoms with van der Waals surface area (Å²) in [6.45, 7) is 7.41. The highest BCUT2D eigenvalue weighted by atomic mass is 15.1. The van der Waals surface area contributed by atoms with Gasteiger partial charge in [0.15, 0.2) is 0 Å². The van der Waals surface area contributed by atoms with Crippen LogP contribution in [-0.4, -0.2) is 16.5 Å². The van der Waals surface area contributed by atoms with Gasteiger partial charge in [-0.3, -0.25) is 0 Å². The Morgan fingerprint density at radius 2 is 1.93 bits per heavy atom. The summed E-state index contributed by atoms with van der Waals surface area (Å²) in [6.07, 6.45) is 6.14. The summed E-state index contributed by atoms with van der Waals surface area (Å²) in [7, 11) is 0. The molecule has 1 aromatic rings. The van der Waals surface area contributed by atoms with Crippen molar-refractivity contribution >= 4 is 5.95 Å². The van der Waals surface area contributed by atoms with Crippen LogP contribution < -0.4 is 5.32 Å². The van der Waals surface area contributed by atoms with Crippen molar-refractivity contribution < 1.29 is 0 Å². The monoisotopic (exact) mass is 193 g/mol. The van der Waals surface area contributed by atoms with E-state index in [0.29, 0.717) is 5.92 Å². The Balaban J connectivity index is 2.47. The van der Waals surface area contributed by atoms with Crippen molar-refractivity contribution in [1.82, 2.24) is 9.97 Å². The van der Waals surface area contributed by atoms with Gasteiger partial charge in [0.2, 0.25) is 5.95 Å². The topological polar surface area (TPSA) is 37.8 Å². The summed E-state index contributed by atoms with van der Waals surface area (Å²) < 4.78 is 0. The Morgan fingerprint density at radius 1 is 1.29 bits per heavy atom. The average molecular weight is 193 g/mol. The standard InChI is InChI=1S/C11H19N3/c1-4-5-6-12-11-13-7-10(8-14-11)9(2)3/h7-9H,4-6H2,1-3H3,(H,12,13,14). The van der Waals surface area contributed by atoms with Crippen molar-refractivity contribution in [3.63, 3.8) is 0 Å². The lowest BCUT2D eigenvalue weighted by Crippen LogP contribution is -2.05. The van der Waals surface area contributed by atoms with Crippen LogP contribution in [0.25, 0.3) is 0 Å². The van der Waals surface area contributed by atoms with E-state index in [0.717, 1.165) is 18.9 Å². The number of hydrogen-bond donors (Lipinski definition) is 1. The zero-order valence-electron chi connectivity index (χ0n) is 9.25. The lowest BCUT2D eigenvalue weighted by Gasteiger charge is -2.06. The lowest BCUT2D eigenvalue weighted by atomic mass is 10.1. The van der Waals surface area contributed by atoms with E-state index in [1.54, 1.807) is 0 Å². The van der Waals surface area contributed by atoms with Crippen molar-refractivity contribution in [2.75, 3.05) is 11.9 Å². The second-order valence-corrected chi connectivity index (χ2v) is 3.78. The molecule has 0 aliphatic heterocycles. The van der Waals surface area contributed by atoms with Gasteiger partial charge in [-0.25, -0.2) is 9.97 Å². The van der Waals surface area contributed by atoms with Crippen molar-refractivity contribution in [3.05, 3.63) is 18.0 Å². The maximum atomic E-state index is 4.25. The number of hydrogen-bond acceptors (Lipinski definition) is 3. The molecular formula is C11H19N3. The number of rotatable bonds is 5. The summed E-state index contributed by atoms with van der Waals surface area (Å²) in [6, 6.07) is 0. The van der Waals surface area contributed by atoms with Crippen LogP contribution in [0, 0.1) is 0 Å². The Morgan fingerprint density at radius 3 is 2.43 bits per heavy atom. The van der Waals surface area contributed by atoms with Crippen LogP contribution in [0.4, 0.5) is 5.95 Å². The van der Waals surface area contributed by atoms with Crippen molar-refractivity contribution in [3.8, 4) is 0 Å². The average Bonchev–Trinajstić information content (AvgIpc) is 2.19. The lowest BCUT2D eigenvalue weighted by molar-refractivity contribution is 0.817. The minimum atomic E-state index is 0.500. The largest absolute Gasteiger partial charge is 0.354 e. The molecule has 0 radical (unpaired) electrons. The highest BCUT2D eigenvalue weighted by Crippen LogP contribution is 2.11. The normalized spacial score (nSPS) is 10.6. The molecule has 1 heterocycles. The third-order valence-corrected chi connectivity index (χ3v) is 2.15. The summed E-state index contributed by atoms with van der Waals surface area (Å²) in [5.41, 5.74) is 1.19. The molecule has 3 heteroatoms. The minimum Gasteiger partial charge on any atom is -0.354 e. The van der Waals surface area contributed by atoms with Crippen LogP contribution in [0.5, 0.6) is 0 Å². The molecule has 0 spiro atoms. The third-order valence-electron chi connectivity index (χ3n) is 2.15. The number of nitrogens with zero attached hydrogens (tertiary/aromatic N) is 2. The van der Waals surface area contributed by atoms with Gasteiger partial charge >= 0.3 is 0 Å². The van der Waals surface area contributed by atoms with E-state index >= 15 is 0 Å². The summed E-state index contributed by atoms with van der Waals surface area (Å²) in [5, 5.41) is 3.19. The maximum absolute atomic E-state index is 4.25. The zero-order valence-corrected chi connectivity index (χ0v) is 9.25. The second-order valence-electron chi connectivity index (χ2n) is 3.78. The van der Waals surface area contributed by atoms with E-state index in [4.69, 9.17) is 0 Å². The van der Waals surface area contributed by atoms with Crippen LogP contribution in [0.2, 0.25) is 0 Å². The molecule has 0 saturated heterocycles. The van der Waals surface area contributed by atoms with Gasteiger partial charge < -0.3 is 5.32 Å². The Hall–Kier alpha value is -1.12. The van der Waals surface area contributed by atoms with E-state index in [9.17, 15) is 0 Å². The third kappa shape index (κ3) is 3.32. The molecule has 0 bridgehead atoms. The first-order valence-corrected chi connectivity index (χ1v) is 5.29. The molecule has 1 rings (SSSR count). The van der Waals surface area contributed by atoms with Crippen molar-refractivity contribution in [1.29, 1.82) is 0 Å². The first kappa shape index (κ1) is 11.0. The Labute approximate surface area is 86.0 Å². The van der Waals surface area contributed by atoms with Crippen molar-refractivity contribution in [2.45, 2.75) is 39.5 Å². The van der Waals surface area contributed by atoms with Crippen LogP contribution in [0.1, 0.15) is 45.1 Å². The zero-order chi connectivity index (χ0) is 10.4. The fourth-order valence-corrected chi connectivity index (χ4v) is 1.10. The number of nitrogens with one attached hydrogen (secondary N) is 1. The molecule has 0 atom stereocenters. The van der Waals surface area contributed by atoms with Crippen LogP contribution in [0.3, 0.4) is 0 Å². The molecule has 1 N–H and O–H groups in total. The predicted molar refractivity (Wildman–Crippen MR) is 59.5 cm³/mol. The number of unbranched alkanes of at least 4 members (excludes halogenated alkanes) is 1. The molecule has 78 valence electrons. The molecule has 0 aliphatic rings. The molecule has 0 aliphatic carbocycles. The van der Waals surface area contributed by atoms with E-state index in [-0.39, 0.29) is 0 Å². The van der Waals surface area contributed by atoms with Crippen LogP contribution in [0.15, 0.2) is 12.4 Å². The Bertz CT molecular complexity index is 254. The number of aromatic nitrogens is 2. The quantitative estimate of drug-likeness (QED) is 0.731. The van der Waals surface area contributed by atoms with Gasteiger partial charge in [0.05, 0.1) is 0 Å². The number of anilines is 1. The second kappa shape index (κ2) is 5.58. The Kier molecular flexibility index (Phi) is 4.36. The van der Waals surface area contributed by atoms with Crippen molar-refractivity contribution in [2.24, 2.45) is 0 Å². The van der Waals surface area contributed by atoms with E-state index < -0.39 is 0 Å². The van der Waals surface area contributed by atoms with E-state index in [1.807, 2.05) is 12.4 Å². The smallest absolute Gasteiger partial charge is 0.222 e. The van der Waals surface area contributed by atoms with Crippen LogP contribution >= 0.6 is 0 Å². The highest BCUT2D eigenvalue weighted by Gasteiger charge is 2.00. The molecule has 0 unspecified atom stereocenters.